The molecule has 0 bridgehead atoms. The van der Waals surface area contributed by atoms with Crippen molar-refractivity contribution < 1.29 is 15.0 Å². The topological polar surface area (TPSA) is 83.5 Å². The molecule has 5 heteroatoms. The highest BCUT2D eigenvalue weighted by Crippen LogP contribution is 2.25. The number of Topliss-reactive ketones (excluding diaryl/α,β-unsaturated/α-hetero) is 1. The molecule has 0 aliphatic rings. The van der Waals surface area contributed by atoms with E-state index in [0.29, 0.717) is 29.0 Å². The fraction of sp³-hybridized carbons (Fsp3) is 0.417. The summed E-state index contributed by atoms with van der Waals surface area (Å²) >= 11 is 3.99. The predicted octanol–water partition coefficient (Wildman–Crippen LogP) is 1.19. The first-order chi connectivity index (χ1) is 7.97. The van der Waals surface area contributed by atoms with Gasteiger partial charge in [-0.3, -0.25) is 4.79 Å². The Morgan fingerprint density at radius 3 is 2.59 bits per heavy atom. The molecule has 0 aliphatic carbocycles. The van der Waals surface area contributed by atoms with Crippen LogP contribution in [0.25, 0.3) is 0 Å². The summed E-state index contributed by atoms with van der Waals surface area (Å²) in [5.74, 6) is 0.387. The van der Waals surface area contributed by atoms with E-state index in [1.165, 1.54) is 13.0 Å². The molecule has 2 unspecified atom stereocenters. The summed E-state index contributed by atoms with van der Waals surface area (Å²) in [7, 11) is 0. The predicted molar refractivity (Wildman–Crippen MR) is 70.3 cm³/mol. The Labute approximate surface area is 106 Å². The number of thiol groups is 1. The number of anilines is 1. The van der Waals surface area contributed by atoms with Gasteiger partial charge in [-0.05, 0) is 25.2 Å². The lowest BCUT2D eigenvalue weighted by Gasteiger charge is -2.19. The lowest BCUT2D eigenvalue weighted by atomic mass is 9.98. The molecule has 1 rings (SSSR count). The second-order valence-electron chi connectivity index (χ2n) is 3.92. The van der Waals surface area contributed by atoms with E-state index in [0.717, 1.165) is 0 Å². The minimum absolute atomic E-state index is 0.0892. The molecule has 0 aromatic heterocycles. The number of carbonyl (C=O) groups is 1. The number of rotatable bonds is 5. The zero-order valence-electron chi connectivity index (χ0n) is 9.63. The Hall–Kier alpha value is -1.04. The number of hydrogen-bond acceptors (Lipinski definition) is 5. The van der Waals surface area contributed by atoms with E-state index in [1.54, 1.807) is 12.1 Å². The number of hydrogen-bond donors (Lipinski definition) is 4. The van der Waals surface area contributed by atoms with Gasteiger partial charge in [0.1, 0.15) is 6.10 Å². The van der Waals surface area contributed by atoms with Gasteiger partial charge < -0.3 is 15.9 Å². The maximum Gasteiger partial charge on any atom is 0.159 e. The van der Waals surface area contributed by atoms with Gasteiger partial charge in [0.25, 0.3) is 0 Å². The highest BCUT2D eigenvalue weighted by atomic mass is 32.1. The Kier molecular flexibility index (Phi) is 4.99. The molecule has 0 saturated carbocycles. The van der Waals surface area contributed by atoms with E-state index >= 15 is 0 Å². The number of aliphatic hydroxyl groups excluding tert-OH is 2. The van der Waals surface area contributed by atoms with Crippen LogP contribution in [-0.4, -0.2) is 27.9 Å². The van der Waals surface area contributed by atoms with Crippen LogP contribution in [0.5, 0.6) is 0 Å². The highest BCUT2D eigenvalue weighted by Gasteiger charge is 2.20. The Morgan fingerprint density at radius 2 is 2.12 bits per heavy atom. The number of aliphatic hydroxyl groups is 2. The van der Waals surface area contributed by atoms with Gasteiger partial charge in [0, 0.05) is 16.8 Å². The van der Waals surface area contributed by atoms with Crippen molar-refractivity contribution in [3.63, 3.8) is 0 Å². The standard InChI is InChI=1S/C12H17NO3S/c1-7(14)8-2-3-9(10(13)6-8)12(16)11(15)4-5-17/h2-3,6,11-12,15-17H,4-5,13H2,1H3. The van der Waals surface area contributed by atoms with Crippen LogP contribution in [0, 0.1) is 0 Å². The highest BCUT2D eigenvalue weighted by molar-refractivity contribution is 7.80. The van der Waals surface area contributed by atoms with Gasteiger partial charge in [0.15, 0.2) is 5.78 Å². The summed E-state index contributed by atoms with van der Waals surface area (Å²) in [4.78, 5) is 11.1. The number of ketones is 1. The quantitative estimate of drug-likeness (QED) is 0.362. The van der Waals surface area contributed by atoms with Crippen molar-refractivity contribution >= 4 is 24.1 Å². The molecular weight excluding hydrogens is 238 g/mol. The lowest BCUT2D eigenvalue weighted by Crippen LogP contribution is -2.20. The maximum atomic E-state index is 11.1. The average molecular weight is 255 g/mol. The van der Waals surface area contributed by atoms with E-state index in [2.05, 4.69) is 12.6 Å². The van der Waals surface area contributed by atoms with E-state index in [9.17, 15) is 15.0 Å². The number of nitrogens with two attached hydrogens (primary N) is 1. The summed E-state index contributed by atoms with van der Waals surface area (Å²) in [5, 5.41) is 19.5. The molecule has 4 nitrogen and oxygen atoms in total. The van der Waals surface area contributed by atoms with Crippen molar-refractivity contribution in [2.24, 2.45) is 0 Å². The van der Waals surface area contributed by atoms with Crippen LogP contribution in [0.15, 0.2) is 18.2 Å². The average Bonchev–Trinajstić information content (AvgIpc) is 2.28. The normalized spacial score (nSPS) is 14.4. The van der Waals surface area contributed by atoms with E-state index in [4.69, 9.17) is 5.73 Å². The van der Waals surface area contributed by atoms with Gasteiger partial charge in [-0.2, -0.15) is 12.6 Å². The third-order valence-electron chi connectivity index (χ3n) is 2.60. The van der Waals surface area contributed by atoms with Crippen molar-refractivity contribution in [3.8, 4) is 0 Å². The Bertz CT molecular complexity index is 409. The monoisotopic (exact) mass is 255 g/mol. The molecule has 17 heavy (non-hydrogen) atoms. The van der Waals surface area contributed by atoms with Crippen LogP contribution >= 0.6 is 12.6 Å². The van der Waals surface area contributed by atoms with Gasteiger partial charge in [-0.1, -0.05) is 12.1 Å². The zero-order valence-corrected chi connectivity index (χ0v) is 10.5. The molecule has 2 atom stereocenters. The second kappa shape index (κ2) is 6.05. The number of carbonyl (C=O) groups excluding carboxylic acids is 1. The van der Waals surface area contributed by atoms with Crippen LogP contribution in [0.2, 0.25) is 0 Å². The van der Waals surface area contributed by atoms with Gasteiger partial charge in [0.05, 0.1) is 6.10 Å². The smallest absolute Gasteiger partial charge is 0.159 e. The van der Waals surface area contributed by atoms with E-state index < -0.39 is 12.2 Å². The van der Waals surface area contributed by atoms with Crippen molar-refractivity contribution in [2.75, 3.05) is 11.5 Å². The number of benzene rings is 1. The fourth-order valence-electron chi connectivity index (χ4n) is 1.56. The SMILES string of the molecule is CC(=O)c1ccc(C(O)C(O)CCS)c(N)c1. The Morgan fingerprint density at radius 1 is 1.47 bits per heavy atom. The third-order valence-corrected chi connectivity index (χ3v) is 2.86. The molecule has 0 aliphatic heterocycles. The summed E-state index contributed by atoms with van der Waals surface area (Å²) in [5.41, 5.74) is 6.98. The largest absolute Gasteiger partial charge is 0.398 e. The summed E-state index contributed by atoms with van der Waals surface area (Å²) < 4.78 is 0. The third kappa shape index (κ3) is 3.46. The first-order valence-corrected chi connectivity index (χ1v) is 5.98. The van der Waals surface area contributed by atoms with Gasteiger partial charge >= 0.3 is 0 Å². The zero-order chi connectivity index (χ0) is 13.0. The van der Waals surface area contributed by atoms with Crippen LogP contribution < -0.4 is 5.73 Å². The molecule has 0 fully saturated rings. The minimum Gasteiger partial charge on any atom is -0.398 e. The molecule has 0 saturated heterocycles. The van der Waals surface area contributed by atoms with Crippen LogP contribution in [-0.2, 0) is 0 Å². The van der Waals surface area contributed by atoms with Crippen molar-refractivity contribution in [1.82, 2.24) is 0 Å². The molecular formula is C12H17NO3S. The molecule has 0 amide bonds. The minimum atomic E-state index is -1.05. The van der Waals surface area contributed by atoms with Crippen LogP contribution in [0.3, 0.4) is 0 Å². The summed E-state index contributed by atoms with van der Waals surface area (Å²) in [6.07, 6.45) is -1.58. The molecule has 94 valence electrons. The van der Waals surface area contributed by atoms with Crippen LogP contribution in [0.4, 0.5) is 5.69 Å². The van der Waals surface area contributed by atoms with Crippen molar-refractivity contribution in [2.45, 2.75) is 25.6 Å². The molecule has 0 heterocycles. The second-order valence-corrected chi connectivity index (χ2v) is 4.37. The van der Waals surface area contributed by atoms with Crippen molar-refractivity contribution in [3.05, 3.63) is 29.3 Å². The molecule has 1 aromatic carbocycles. The first kappa shape index (κ1) is 14.0. The molecule has 0 radical (unpaired) electrons. The van der Waals surface area contributed by atoms with E-state index in [1.807, 2.05) is 0 Å². The van der Waals surface area contributed by atoms with Gasteiger partial charge in [0.2, 0.25) is 0 Å². The lowest BCUT2D eigenvalue weighted by molar-refractivity contribution is 0.0177. The summed E-state index contributed by atoms with van der Waals surface area (Å²) in [6, 6.07) is 4.66. The van der Waals surface area contributed by atoms with Gasteiger partial charge in [-0.25, -0.2) is 0 Å². The van der Waals surface area contributed by atoms with Crippen molar-refractivity contribution in [1.29, 1.82) is 0 Å². The Balaban J connectivity index is 2.95. The first-order valence-electron chi connectivity index (χ1n) is 5.34. The molecule has 1 aromatic rings. The summed E-state index contributed by atoms with van der Waals surface area (Å²) in [6.45, 7) is 1.45. The van der Waals surface area contributed by atoms with E-state index in [-0.39, 0.29) is 5.78 Å². The molecule has 4 N–H and O–H groups in total. The van der Waals surface area contributed by atoms with Crippen LogP contribution in [0.1, 0.15) is 35.4 Å². The van der Waals surface area contributed by atoms with Gasteiger partial charge in [-0.15, -0.1) is 0 Å². The fourth-order valence-corrected chi connectivity index (χ4v) is 1.83. The molecule has 0 spiro atoms. The maximum absolute atomic E-state index is 11.1. The number of nitrogen functional groups attached to an aromatic ring is 1.